The third kappa shape index (κ3) is 1.64. The minimum atomic E-state index is -0.652. The van der Waals surface area contributed by atoms with Crippen LogP contribution in [0, 0.1) is 10.1 Å². The van der Waals surface area contributed by atoms with Gasteiger partial charge in [0.05, 0.1) is 15.3 Å². The quantitative estimate of drug-likeness (QED) is 0.616. The Kier molecular flexibility index (Phi) is 2.73. The van der Waals surface area contributed by atoms with Crippen molar-refractivity contribution in [3.8, 4) is 11.5 Å². The molecule has 0 heterocycles. The highest BCUT2D eigenvalue weighted by molar-refractivity contribution is 6.43. The lowest BCUT2D eigenvalue weighted by Gasteiger charge is -2.08. The summed E-state index contributed by atoms with van der Waals surface area (Å²) in [5, 5.41) is 29.6. The van der Waals surface area contributed by atoms with Crippen molar-refractivity contribution < 1.29 is 15.1 Å². The van der Waals surface area contributed by atoms with Gasteiger partial charge in [0.1, 0.15) is 10.8 Å². The molecule has 0 aliphatic rings. The van der Waals surface area contributed by atoms with Crippen LogP contribution in [0.3, 0.4) is 0 Å². The lowest BCUT2D eigenvalue weighted by atomic mass is 10.1. The van der Waals surface area contributed by atoms with Crippen molar-refractivity contribution in [3.05, 3.63) is 38.4 Å². The van der Waals surface area contributed by atoms with Gasteiger partial charge in [-0.2, -0.15) is 0 Å². The summed E-state index contributed by atoms with van der Waals surface area (Å²) in [5.74, 6) is -1.01. The summed E-state index contributed by atoms with van der Waals surface area (Å²) in [6.07, 6.45) is 0. The molecule has 5 nitrogen and oxygen atoms in total. The summed E-state index contributed by atoms with van der Waals surface area (Å²) in [4.78, 5) is 10.2. The average molecular weight is 274 g/mol. The monoisotopic (exact) mass is 273 g/mol. The van der Waals surface area contributed by atoms with E-state index in [4.69, 9.17) is 23.2 Å². The molecular formula is C10H5Cl2NO4. The number of fused-ring (bicyclic) bond motifs is 1. The van der Waals surface area contributed by atoms with Crippen molar-refractivity contribution in [1.29, 1.82) is 0 Å². The highest BCUT2D eigenvalue weighted by Crippen LogP contribution is 2.48. The van der Waals surface area contributed by atoms with Crippen molar-refractivity contribution in [2.45, 2.75) is 0 Å². The average Bonchev–Trinajstić information content (AvgIpc) is 2.32. The minimum absolute atomic E-state index is 0.0430. The number of nitro groups is 1. The summed E-state index contributed by atoms with van der Waals surface area (Å²) in [6, 6.07) is 4.04. The Morgan fingerprint density at radius 1 is 1.12 bits per heavy atom. The summed E-state index contributed by atoms with van der Waals surface area (Å²) < 4.78 is 0. The van der Waals surface area contributed by atoms with Crippen LogP contribution in [-0.2, 0) is 0 Å². The molecule has 0 saturated carbocycles. The van der Waals surface area contributed by atoms with Gasteiger partial charge in [-0.3, -0.25) is 10.1 Å². The summed E-state index contributed by atoms with van der Waals surface area (Å²) in [5.41, 5.74) is -0.310. The van der Waals surface area contributed by atoms with Gasteiger partial charge in [0, 0.05) is 11.5 Å². The number of hydrogen-bond acceptors (Lipinski definition) is 4. The van der Waals surface area contributed by atoms with Crippen LogP contribution in [0.4, 0.5) is 5.69 Å². The number of benzene rings is 2. The predicted octanol–water partition coefficient (Wildman–Crippen LogP) is 3.47. The van der Waals surface area contributed by atoms with Gasteiger partial charge < -0.3 is 10.2 Å². The first-order valence-electron chi connectivity index (χ1n) is 4.41. The molecule has 7 heteroatoms. The Labute approximate surface area is 105 Å². The first-order valence-corrected chi connectivity index (χ1v) is 5.16. The molecule has 2 rings (SSSR count). The number of nitro benzene ring substituents is 1. The van der Waals surface area contributed by atoms with Gasteiger partial charge in [-0.15, -0.1) is 0 Å². The highest BCUT2D eigenvalue weighted by Gasteiger charge is 2.22. The molecule has 88 valence electrons. The van der Waals surface area contributed by atoms with E-state index in [9.17, 15) is 20.3 Å². The van der Waals surface area contributed by atoms with Crippen molar-refractivity contribution in [2.75, 3.05) is 0 Å². The predicted molar refractivity (Wildman–Crippen MR) is 64.0 cm³/mol. The second-order valence-corrected chi connectivity index (χ2v) is 4.04. The van der Waals surface area contributed by atoms with Crippen LogP contribution < -0.4 is 0 Å². The SMILES string of the molecule is O=[N+]([O-])c1cccc2c(O)c(Cl)c(O)c(Cl)c12. The number of halogens is 2. The van der Waals surface area contributed by atoms with Crippen LogP contribution in [0.2, 0.25) is 10.0 Å². The van der Waals surface area contributed by atoms with E-state index >= 15 is 0 Å². The number of aromatic hydroxyl groups is 2. The standard InChI is InChI=1S/C10H5Cl2NO4/c11-7-6-4(9(14)8(12)10(7)15)2-1-3-5(6)13(16)17/h1-3,14-15H. The zero-order valence-corrected chi connectivity index (χ0v) is 9.66. The normalized spacial score (nSPS) is 10.7. The van der Waals surface area contributed by atoms with Gasteiger partial charge in [-0.1, -0.05) is 35.3 Å². The van der Waals surface area contributed by atoms with E-state index in [1.54, 1.807) is 0 Å². The molecular weight excluding hydrogens is 269 g/mol. The summed E-state index contributed by atoms with van der Waals surface area (Å²) in [7, 11) is 0. The second-order valence-electron chi connectivity index (χ2n) is 3.28. The van der Waals surface area contributed by atoms with E-state index in [1.165, 1.54) is 18.2 Å². The number of nitrogens with zero attached hydrogens (tertiary/aromatic N) is 1. The van der Waals surface area contributed by atoms with E-state index in [0.29, 0.717) is 0 Å². The Morgan fingerprint density at radius 3 is 2.35 bits per heavy atom. The molecule has 0 aliphatic carbocycles. The Balaban J connectivity index is 3.06. The molecule has 0 unspecified atom stereocenters. The molecule has 0 saturated heterocycles. The van der Waals surface area contributed by atoms with Crippen molar-refractivity contribution in [3.63, 3.8) is 0 Å². The van der Waals surface area contributed by atoms with Crippen LogP contribution in [-0.4, -0.2) is 15.1 Å². The lowest BCUT2D eigenvalue weighted by Crippen LogP contribution is -1.91. The maximum absolute atomic E-state index is 10.8. The Bertz CT molecular complexity index is 642. The van der Waals surface area contributed by atoms with E-state index in [-0.39, 0.29) is 26.5 Å². The Morgan fingerprint density at radius 2 is 1.76 bits per heavy atom. The van der Waals surface area contributed by atoms with E-state index in [0.717, 1.165) is 0 Å². The summed E-state index contributed by atoms with van der Waals surface area (Å²) >= 11 is 11.4. The number of non-ortho nitro benzene ring substituents is 1. The van der Waals surface area contributed by atoms with Crippen LogP contribution in [0.1, 0.15) is 0 Å². The molecule has 0 bridgehead atoms. The Hall–Kier alpha value is -1.72. The molecule has 2 aromatic rings. The molecule has 0 amide bonds. The van der Waals surface area contributed by atoms with Crippen molar-refractivity contribution in [2.24, 2.45) is 0 Å². The number of hydrogen-bond donors (Lipinski definition) is 2. The van der Waals surface area contributed by atoms with Gasteiger partial charge in [-0.25, -0.2) is 0 Å². The van der Waals surface area contributed by atoms with Gasteiger partial charge in [0.15, 0.2) is 5.75 Å². The molecule has 0 atom stereocenters. The van der Waals surface area contributed by atoms with Gasteiger partial charge in [0.25, 0.3) is 5.69 Å². The minimum Gasteiger partial charge on any atom is -0.506 e. The fraction of sp³-hybridized carbons (Fsp3) is 0. The van der Waals surface area contributed by atoms with Crippen LogP contribution in [0.25, 0.3) is 10.8 Å². The maximum Gasteiger partial charge on any atom is 0.278 e. The number of phenols is 2. The van der Waals surface area contributed by atoms with Gasteiger partial charge >= 0.3 is 0 Å². The molecule has 0 aromatic heterocycles. The third-order valence-electron chi connectivity index (χ3n) is 2.34. The third-order valence-corrected chi connectivity index (χ3v) is 3.06. The smallest absolute Gasteiger partial charge is 0.278 e. The zero-order valence-electron chi connectivity index (χ0n) is 8.15. The molecule has 0 radical (unpaired) electrons. The van der Waals surface area contributed by atoms with Crippen LogP contribution in [0.15, 0.2) is 18.2 Å². The molecule has 2 N–H and O–H groups in total. The fourth-order valence-electron chi connectivity index (χ4n) is 1.57. The van der Waals surface area contributed by atoms with Gasteiger partial charge in [0.2, 0.25) is 0 Å². The molecule has 2 aromatic carbocycles. The number of phenolic OH excluding ortho intramolecular Hbond substituents is 2. The zero-order chi connectivity index (χ0) is 12.7. The maximum atomic E-state index is 10.8. The molecule has 17 heavy (non-hydrogen) atoms. The number of rotatable bonds is 1. The van der Waals surface area contributed by atoms with Crippen molar-refractivity contribution >= 4 is 39.7 Å². The molecule has 0 spiro atoms. The molecule has 0 fully saturated rings. The highest BCUT2D eigenvalue weighted by atomic mass is 35.5. The fourth-order valence-corrected chi connectivity index (χ4v) is 2.10. The topological polar surface area (TPSA) is 83.6 Å². The van der Waals surface area contributed by atoms with Gasteiger partial charge in [-0.05, 0) is 0 Å². The first-order chi connectivity index (χ1) is 7.95. The first kappa shape index (κ1) is 11.8. The van der Waals surface area contributed by atoms with E-state index < -0.39 is 16.4 Å². The summed E-state index contributed by atoms with van der Waals surface area (Å²) in [6.45, 7) is 0. The largest absolute Gasteiger partial charge is 0.506 e. The molecule has 0 aliphatic heterocycles. The van der Waals surface area contributed by atoms with Crippen LogP contribution >= 0.6 is 23.2 Å². The lowest BCUT2D eigenvalue weighted by molar-refractivity contribution is -0.383. The van der Waals surface area contributed by atoms with Crippen LogP contribution in [0.5, 0.6) is 11.5 Å². The van der Waals surface area contributed by atoms with Crippen molar-refractivity contribution in [1.82, 2.24) is 0 Å². The van der Waals surface area contributed by atoms with E-state index in [1.807, 2.05) is 0 Å². The second kappa shape index (κ2) is 3.94. The van der Waals surface area contributed by atoms with E-state index in [2.05, 4.69) is 0 Å².